The van der Waals surface area contributed by atoms with Crippen molar-refractivity contribution < 1.29 is 14.6 Å². The van der Waals surface area contributed by atoms with Crippen LogP contribution < -0.4 is 10.1 Å². The van der Waals surface area contributed by atoms with Crippen LogP contribution in [0.3, 0.4) is 0 Å². The fraction of sp³-hybridized carbons (Fsp3) is 0.588. The monoisotopic (exact) mass is 293 g/mol. The Morgan fingerprint density at radius 3 is 2.62 bits per heavy atom. The molecule has 0 bridgehead atoms. The van der Waals surface area contributed by atoms with Crippen LogP contribution >= 0.6 is 0 Å². The molecule has 0 saturated carbocycles. The second-order valence-electron chi connectivity index (χ2n) is 6.03. The van der Waals surface area contributed by atoms with Crippen LogP contribution in [0.15, 0.2) is 30.3 Å². The van der Waals surface area contributed by atoms with Crippen molar-refractivity contribution in [2.75, 3.05) is 19.8 Å². The average molecular weight is 293 g/mol. The predicted molar refractivity (Wildman–Crippen MR) is 84.3 cm³/mol. The number of rotatable bonds is 10. The highest BCUT2D eigenvalue weighted by atomic mass is 16.5. The number of benzene rings is 1. The fourth-order valence-corrected chi connectivity index (χ4v) is 2.01. The Bertz CT molecular complexity index is 404. The summed E-state index contributed by atoms with van der Waals surface area (Å²) in [6.45, 7) is 5.59. The minimum absolute atomic E-state index is 0.0267. The van der Waals surface area contributed by atoms with Gasteiger partial charge in [-0.05, 0) is 36.8 Å². The van der Waals surface area contributed by atoms with E-state index in [2.05, 4.69) is 19.2 Å². The van der Waals surface area contributed by atoms with Crippen molar-refractivity contribution in [2.24, 2.45) is 5.41 Å². The molecule has 4 nitrogen and oxygen atoms in total. The quantitative estimate of drug-likeness (QED) is 0.652. The third kappa shape index (κ3) is 8.35. The second-order valence-corrected chi connectivity index (χ2v) is 6.03. The third-order valence-corrected chi connectivity index (χ3v) is 3.34. The summed E-state index contributed by atoms with van der Waals surface area (Å²) in [5.74, 6) is 0.895. The fourth-order valence-electron chi connectivity index (χ4n) is 2.01. The predicted octanol–water partition coefficient (Wildman–Crippen LogP) is 2.76. The van der Waals surface area contributed by atoms with E-state index in [-0.39, 0.29) is 17.9 Å². The largest absolute Gasteiger partial charge is 0.494 e. The third-order valence-electron chi connectivity index (χ3n) is 3.34. The van der Waals surface area contributed by atoms with Crippen LogP contribution in [-0.4, -0.2) is 30.8 Å². The summed E-state index contributed by atoms with van der Waals surface area (Å²) in [7, 11) is 0. The van der Waals surface area contributed by atoms with E-state index in [1.54, 1.807) is 0 Å². The lowest BCUT2D eigenvalue weighted by Crippen LogP contribution is -2.34. The minimum Gasteiger partial charge on any atom is -0.494 e. The van der Waals surface area contributed by atoms with Crippen molar-refractivity contribution in [3.8, 4) is 5.75 Å². The number of carbonyl (C=O) groups excluding carboxylic acids is 1. The number of ether oxygens (including phenoxy) is 1. The molecule has 21 heavy (non-hydrogen) atoms. The van der Waals surface area contributed by atoms with Gasteiger partial charge in [0.05, 0.1) is 6.61 Å². The molecule has 0 spiro atoms. The van der Waals surface area contributed by atoms with E-state index in [1.807, 2.05) is 30.3 Å². The van der Waals surface area contributed by atoms with Crippen molar-refractivity contribution in [3.63, 3.8) is 0 Å². The maximum Gasteiger partial charge on any atom is 0.220 e. The molecule has 1 rings (SSSR count). The minimum atomic E-state index is 0.0267. The van der Waals surface area contributed by atoms with Crippen molar-refractivity contribution in [3.05, 3.63) is 30.3 Å². The molecule has 0 atom stereocenters. The zero-order valence-electron chi connectivity index (χ0n) is 13.1. The Morgan fingerprint density at radius 1 is 1.24 bits per heavy atom. The van der Waals surface area contributed by atoms with Gasteiger partial charge in [0.15, 0.2) is 0 Å². The van der Waals surface area contributed by atoms with Gasteiger partial charge < -0.3 is 15.2 Å². The highest BCUT2D eigenvalue weighted by molar-refractivity contribution is 5.75. The molecule has 1 amide bonds. The highest BCUT2D eigenvalue weighted by Crippen LogP contribution is 2.20. The average Bonchev–Trinajstić information content (AvgIpc) is 2.49. The number of carbonyl (C=O) groups is 1. The summed E-state index contributed by atoms with van der Waals surface area (Å²) in [6.07, 6.45) is 2.86. The van der Waals surface area contributed by atoms with Gasteiger partial charge in [-0.25, -0.2) is 0 Å². The molecule has 0 heterocycles. The maximum absolute atomic E-state index is 11.8. The molecule has 0 radical (unpaired) electrons. The van der Waals surface area contributed by atoms with E-state index in [9.17, 15) is 4.79 Å². The van der Waals surface area contributed by atoms with E-state index in [1.165, 1.54) is 0 Å². The first-order valence-corrected chi connectivity index (χ1v) is 7.59. The van der Waals surface area contributed by atoms with Gasteiger partial charge in [0.25, 0.3) is 0 Å². The molecule has 1 aromatic rings. The number of nitrogens with one attached hydrogen (secondary N) is 1. The van der Waals surface area contributed by atoms with Crippen LogP contribution in [0.25, 0.3) is 0 Å². The summed E-state index contributed by atoms with van der Waals surface area (Å²) >= 11 is 0. The lowest BCUT2D eigenvalue weighted by molar-refractivity contribution is -0.121. The number of aliphatic hydroxyl groups excluding tert-OH is 1. The molecule has 1 aromatic carbocycles. The van der Waals surface area contributed by atoms with Gasteiger partial charge >= 0.3 is 0 Å². The summed E-state index contributed by atoms with van der Waals surface area (Å²) in [5.41, 5.74) is 0.0267. The van der Waals surface area contributed by atoms with Gasteiger partial charge in [0, 0.05) is 19.6 Å². The van der Waals surface area contributed by atoms with Gasteiger partial charge in [-0.1, -0.05) is 32.0 Å². The summed E-state index contributed by atoms with van der Waals surface area (Å²) in [4.78, 5) is 11.8. The topological polar surface area (TPSA) is 58.6 Å². The number of hydrogen-bond donors (Lipinski definition) is 2. The molecule has 4 heteroatoms. The van der Waals surface area contributed by atoms with Crippen molar-refractivity contribution in [2.45, 2.75) is 39.5 Å². The Morgan fingerprint density at radius 2 is 1.95 bits per heavy atom. The highest BCUT2D eigenvalue weighted by Gasteiger charge is 2.18. The SMILES string of the molecule is CC(C)(CCCO)CNC(=O)CCCOc1ccccc1. The molecule has 0 aromatic heterocycles. The Hall–Kier alpha value is -1.55. The molecular weight excluding hydrogens is 266 g/mol. The van der Waals surface area contributed by atoms with Gasteiger partial charge in [0.2, 0.25) is 5.91 Å². The zero-order chi connectivity index (χ0) is 15.6. The molecule has 0 unspecified atom stereocenters. The summed E-state index contributed by atoms with van der Waals surface area (Å²) < 4.78 is 5.55. The van der Waals surface area contributed by atoms with Crippen molar-refractivity contribution >= 4 is 5.91 Å². The number of amides is 1. The first-order chi connectivity index (χ1) is 10.0. The van der Waals surface area contributed by atoms with Crippen LogP contribution in [0, 0.1) is 5.41 Å². The first kappa shape index (κ1) is 17.5. The molecular formula is C17H27NO3. The number of para-hydroxylation sites is 1. The second kappa shape index (κ2) is 9.40. The zero-order valence-corrected chi connectivity index (χ0v) is 13.1. The molecule has 2 N–H and O–H groups in total. The standard InChI is InChI=1S/C17H27NO3/c1-17(2,11-7-12-19)14-18-16(20)10-6-13-21-15-8-4-3-5-9-15/h3-5,8-9,19H,6-7,10-14H2,1-2H3,(H,18,20). The molecule has 0 aliphatic heterocycles. The van der Waals surface area contributed by atoms with Gasteiger partial charge in [-0.15, -0.1) is 0 Å². The van der Waals surface area contributed by atoms with Crippen LogP contribution in [0.1, 0.15) is 39.5 Å². The summed E-state index contributed by atoms with van der Waals surface area (Å²) in [6, 6.07) is 9.61. The Kier molecular flexibility index (Phi) is 7.83. The molecule has 118 valence electrons. The Balaban J connectivity index is 2.11. The maximum atomic E-state index is 11.8. The van der Waals surface area contributed by atoms with Gasteiger partial charge in [-0.2, -0.15) is 0 Å². The molecule has 0 aliphatic carbocycles. The first-order valence-electron chi connectivity index (χ1n) is 7.59. The van der Waals surface area contributed by atoms with Crippen LogP contribution in [0.4, 0.5) is 0 Å². The number of hydrogen-bond acceptors (Lipinski definition) is 3. The molecule has 0 saturated heterocycles. The van der Waals surface area contributed by atoms with Crippen LogP contribution in [-0.2, 0) is 4.79 Å². The van der Waals surface area contributed by atoms with Crippen LogP contribution in [0.5, 0.6) is 5.75 Å². The number of aliphatic hydroxyl groups is 1. The van der Waals surface area contributed by atoms with E-state index >= 15 is 0 Å². The molecule has 0 aliphatic rings. The smallest absolute Gasteiger partial charge is 0.220 e. The van der Waals surface area contributed by atoms with E-state index in [0.717, 1.165) is 18.6 Å². The van der Waals surface area contributed by atoms with E-state index in [0.29, 0.717) is 26.0 Å². The van der Waals surface area contributed by atoms with Gasteiger partial charge in [-0.3, -0.25) is 4.79 Å². The van der Waals surface area contributed by atoms with E-state index < -0.39 is 0 Å². The van der Waals surface area contributed by atoms with Crippen LogP contribution in [0.2, 0.25) is 0 Å². The lowest BCUT2D eigenvalue weighted by atomic mass is 9.88. The lowest BCUT2D eigenvalue weighted by Gasteiger charge is -2.24. The van der Waals surface area contributed by atoms with Gasteiger partial charge in [0.1, 0.15) is 5.75 Å². The summed E-state index contributed by atoms with van der Waals surface area (Å²) in [5, 5.41) is 11.8. The van der Waals surface area contributed by atoms with Crippen molar-refractivity contribution in [1.29, 1.82) is 0 Å². The van der Waals surface area contributed by atoms with Crippen molar-refractivity contribution in [1.82, 2.24) is 5.32 Å². The molecule has 0 fully saturated rings. The van der Waals surface area contributed by atoms with E-state index in [4.69, 9.17) is 9.84 Å². The normalized spacial score (nSPS) is 11.2. The Labute approximate surface area is 127 Å².